The third-order valence-electron chi connectivity index (χ3n) is 2.64. The molecule has 1 rings (SSSR count). The summed E-state index contributed by atoms with van der Waals surface area (Å²) in [7, 11) is 0. The molecule has 0 aliphatic carbocycles. The number of nitrogens with one attached hydrogen (secondary N) is 1. The molecule has 0 aliphatic heterocycles. The van der Waals surface area contributed by atoms with Crippen molar-refractivity contribution in [1.29, 1.82) is 0 Å². The van der Waals surface area contributed by atoms with Gasteiger partial charge in [-0.1, -0.05) is 42.5 Å². The summed E-state index contributed by atoms with van der Waals surface area (Å²) < 4.78 is 5.44. The second kappa shape index (κ2) is 8.86. The lowest BCUT2D eigenvalue weighted by Crippen LogP contribution is -2.39. The Labute approximate surface area is 110 Å². The summed E-state index contributed by atoms with van der Waals surface area (Å²) in [5, 5.41) is 3.41. The minimum atomic E-state index is 0.306. The smallest absolute Gasteiger partial charge is 0.0672 e. The lowest BCUT2D eigenvalue weighted by Gasteiger charge is -2.17. The van der Waals surface area contributed by atoms with Gasteiger partial charge in [-0.05, 0) is 18.9 Å². The van der Waals surface area contributed by atoms with Crippen LogP contribution in [0.4, 0.5) is 0 Å². The molecule has 0 aromatic heterocycles. The normalized spacial score (nSPS) is 12.3. The largest absolute Gasteiger partial charge is 0.376 e. The molecular formula is C15H24N2O. The Morgan fingerprint density at radius 2 is 2.11 bits per heavy atom. The number of nitrogens with two attached hydrogens (primary N) is 1. The van der Waals surface area contributed by atoms with Gasteiger partial charge >= 0.3 is 0 Å². The van der Waals surface area contributed by atoms with E-state index in [9.17, 15) is 0 Å². The van der Waals surface area contributed by atoms with E-state index >= 15 is 0 Å². The quantitative estimate of drug-likeness (QED) is 0.517. The van der Waals surface area contributed by atoms with Crippen LogP contribution in [0.2, 0.25) is 0 Å². The third kappa shape index (κ3) is 6.55. The SMILES string of the molecule is C=C(C)COCCNC(CN)Cc1ccccc1. The molecule has 0 radical (unpaired) electrons. The fourth-order valence-corrected chi connectivity index (χ4v) is 1.72. The van der Waals surface area contributed by atoms with Gasteiger partial charge < -0.3 is 15.8 Å². The predicted molar refractivity (Wildman–Crippen MR) is 76.6 cm³/mol. The zero-order chi connectivity index (χ0) is 13.2. The van der Waals surface area contributed by atoms with Gasteiger partial charge in [-0.15, -0.1) is 0 Å². The molecule has 0 heterocycles. The van der Waals surface area contributed by atoms with Crippen molar-refractivity contribution in [2.75, 3.05) is 26.3 Å². The van der Waals surface area contributed by atoms with Crippen LogP contribution in [0.5, 0.6) is 0 Å². The average molecular weight is 248 g/mol. The molecule has 100 valence electrons. The molecule has 1 unspecified atom stereocenters. The number of rotatable bonds is 9. The van der Waals surface area contributed by atoms with Crippen LogP contribution in [-0.2, 0) is 11.2 Å². The van der Waals surface area contributed by atoms with Crippen molar-refractivity contribution >= 4 is 0 Å². The minimum absolute atomic E-state index is 0.306. The molecule has 18 heavy (non-hydrogen) atoms. The monoisotopic (exact) mass is 248 g/mol. The lowest BCUT2D eigenvalue weighted by atomic mass is 10.1. The lowest BCUT2D eigenvalue weighted by molar-refractivity contribution is 0.155. The van der Waals surface area contributed by atoms with Crippen LogP contribution in [0.15, 0.2) is 42.5 Å². The number of hydrogen-bond acceptors (Lipinski definition) is 3. The van der Waals surface area contributed by atoms with Gasteiger partial charge in [0.2, 0.25) is 0 Å². The van der Waals surface area contributed by atoms with Crippen LogP contribution in [0.1, 0.15) is 12.5 Å². The fourth-order valence-electron chi connectivity index (χ4n) is 1.72. The zero-order valence-electron chi connectivity index (χ0n) is 11.2. The summed E-state index contributed by atoms with van der Waals surface area (Å²) in [5.41, 5.74) is 8.13. The predicted octanol–water partition coefficient (Wildman–Crippen LogP) is 1.74. The summed E-state index contributed by atoms with van der Waals surface area (Å²) in [4.78, 5) is 0. The van der Waals surface area contributed by atoms with Crippen molar-refractivity contribution in [2.24, 2.45) is 5.73 Å². The first-order valence-electron chi connectivity index (χ1n) is 6.42. The standard InChI is InChI=1S/C15H24N2O/c1-13(2)12-18-9-8-17-15(11-16)10-14-6-4-3-5-7-14/h3-7,15,17H,1,8-12,16H2,2H3. The Kier molecular flexibility index (Phi) is 7.34. The molecular weight excluding hydrogens is 224 g/mol. The fraction of sp³-hybridized carbons (Fsp3) is 0.467. The van der Waals surface area contributed by atoms with E-state index in [0.717, 1.165) is 18.5 Å². The number of ether oxygens (including phenoxy) is 1. The molecule has 3 heteroatoms. The summed E-state index contributed by atoms with van der Waals surface area (Å²) in [6.07, 6.45) is 0.956. The highest BCUT2D eigenvalue weighted by Gasteiger charge is 2.06. The first kappa shape index (κ1) is 14.9. The highest BCUT2D eigenvalue weighted by atomic mass is 16.5. The van der Waals surface area contributed by atoms with Gasteiger partial charge in [-0.2, -0.15) is 0 Å². The Hall–Kier alpha value is -1.16. The van der Waals surface area contributed by atoms with Crippen LogP contribution in [0.3, 0.4) is 0 Å². The second-order valence-electron chi connectivity index (χ2n) is 4.59. The van der Waals surface area contributed by atoms with Crippen molar-refractivity contribution in [3.8, 4) is 0 Å². The van der Waals surface area contributed by atoms with Gasteiger partial charge in [0.05, 0.1) is 13.2 Å². The van der Waals surface area contributed by atoms with Crippen LogP contribution >= 0.6 is 0 Å². The van der Waals surface area contributed by atoms with Crippen molar-refractivity contribution < 1.29 is 4.74 Å². The van der Waals surface area contributed by atoms with E-state index in [-0.39, 0.29) is 0 Å². The second-order valence-corrected chi connectivity index (χ2v) is 4.59. The van der Waals surface area contributed by atoms with E-state index in [0.29, 0.717) is 25.8 Å². The van der Waals surface area contributed by atoms with E-state index in [4.69, 9.17) is 10.5 Å². The molecule has 0 fully saturated rings. The Balaban J connectivity index is 2.20. The van der Waals surface area contributed by atoms with E-state index in [2.05, 4.69) is 36.2 Å². The number of hydrogen-bond donors (Lipinski definition) is 2. The van der Waals surface area contributed by atoms with Gasteiger partial charge in [0.25, 0.3) is 0 Å². The maximum atomic E-state index is 5.77. The van der Waals surface area contributed by atoms with E-state index in [1.165, 1.54) is 5.56 Å². The van der Waals surface area contributed by atoms with Crippen molar-refractivity contribution in [2.45, 2.75) is 19.4 Å². The van der Waals surface area contributed by atoms with Crippen LogP contribution in [0.25, 0.3) is 0 Å². The maximum Gasteiger partial charge on any atom is 0.0672 e. The minimum Gasteiger partial charge on any atom is -0.376 e. The molecule has 1 aromatic carbocycles. The first-order chi connectivity index (χ1) is 8.72. The Morgan fingerprint density at radius 1 is 1.39 bits per heavy atom. The topological polar surface area (TPSA) is 47.3 Å². The molecule has 0 saturated carbocycles. The van der Waals surface area contributed by atoms with Crippen LogP contribution in [-0.4, -0.2) is 32.3 Å². The Morgan fingerprint density at radius 3 is 2.72 bits per heavy atom. The third-order valence-corrected chi connectivity index (χ3v) is 2.64. The molecule has 0 aliphatic rings. The molecule has 1 aromatic rings. The van der Waals surface area contributed by atoms with Crippen molar-refractivity contribution in [3.63, 3.8) is 0 Å². The molecule has 1 atom stereocenters. The molecule has 0 saturated heterocycles. The van der Waals surface area contributed by atoms with Gasteiger partial charge in [-0.3, -0.25) is 0 Å². The van der Waals surface area contributed by atoms with E-state index in [1.54, 1.807) is 0 Å². The van der Waals surface area contributed by atoms with Gasteiger partial charge in [0.15, 0.2) is 0 Å². The molecule has 0 bridgehead atoms. The number of benzene rings is 1. The van der Waals surface area contributed by atoms with Crippen LogP contribution < -0.4 is 11.1 Å². The van der Waals surface area contributed by atoms with Crippen molar-refractivity contribution in [3.05, 3.63) is 48.0 Å². The summed E-state index contributed by atoms with van der Waals surface area (Å²) >= 11 is 0. The van der Waals surface area contributed by atoms with Crippen LogP contribution in [0, 0.1) is 0 Å². The van der Waals surface area contributed by atoms with Gasteiger partial charge in [-0.25, -0.2) is 0 Å². The first-order valence-corrected chi connectivity index (χ1v) is 6.42. The molecule has 3 nitrogen and oxygen atoms in total. The highest BCUT2D eigenvalue weighted by molar-refractivity contribution is 5.15. The highest BCUT2D eigenvalue weighted by Crippen LogP contribution is 2.02. The summed E-state index contributed by atoms with van der Waals surface area (Å²) in [6.45, 7) is 8.54. The Bertz CT molecular complexity index is 338. The van der Waals surface area contributed by atoms with Gasteiger partial charge in [0.1, 0.15) is 0 Å². The van der Waals surface area contributed by atoms with E-state index in [1.807, 2.05) is 13.0 Å². The maximum absolute atomic E-state index is 5.77. The molecule has 0 amide bonds. The van der Waals surface area contributed by atoms with E-state index < -0.39 is 0 Å². The molecule has 0 spiro atoms. The summed E-state index contributed by atoms with van der Waals surface area (Å²) in [6, 6.07) is 10.7. The summed E-state index contributed by atoms with van der Waals surface area (Å²) in [5.74, 6) is 0. The van der Waals surface area contributed by atoms with Crippen molar-refractivity contribution in [1.82, 2.24) is 5.32 Å². The van der Waals surface area contributed by atoms with Gasteiger partial charge in [0, 0.05) is 19.1 Å². The average Bonchev–Trinajstić information content (AvgIpc) is 2.38. The molecule has 3 N–H and O–H groups in total. The zero-order valence-corrected chi connectivity index (χ0v) is 11.2.